The lowest BCUT2D eigenvalue weighted by molar-refractivity contribution is -0.153. The van der Waals surface area contributed by atoms with Crippen LogP contribution in [-0.4, -0.2) is 18.7 Å². The molecule has 0 bridgehead atoms. The van der Waals surface area contributed by atoms with Crippen LogP contribution in [0.25, 0.3) is 0 Å². The van der Waals surface area contributed by atoms with Crippen LogP contribution in [0.2, 0.25) is 0 Å². The van der Waals surface area contributed by atoms with Crippen LogP contribution >= 0.6 is 0 Å². The SMILES string of the molecule is COc1ccc(CC(=O)OC(C)(C)C)c(F)c1. The van der Waals surface area contributed by atoms with Crippen LogP contribution in [0, 0.1) is 5.82 Å². The second-order valence-corrected chi connectivity index (χ2v) is 4.72. The monoisotopic (exact) mass is 240 g/mol. The number of esters is 1. The first kappa shape index (κ1) is 13.5. The molecule has 0 amide bonds. The van der Waals surface area contributed by atoms with Gasteiger partial charge in [-0.1, -0.05) is 6.07 Å². The molecule has 0 atom stereocenters. The van der Waals surface area contributed by atoms with Crippen molar-refractivity contribution in [1.29, 1.82) is 0 Å². The van der Waals surface area contributed by atoms with Crippen molar-refractivity contribution in [2.24, 2.45) is 0 Å². The van der Waals surface area contributed by atoms with E-state index in [0.29, 0.717) is 11.3 Å². The Labute approximate surface area is 101 Å². The van der Waals surface area contributed by atoms with Gasteiger partial charge in [0.2, 0.25) is 0 Å². The summed E-state index contributed by atoms with van der Waals surface area (Å²) in [6.45, 7) is 5.32. The first-order valence-corrected chi connectivity index (χ1v) is 5.36. The van der Waals surface area contributed by atoms with Crippen LogP contribution in [0.5, 0.6) is 5.75 Å². The summed E-state index contributed by atoms with van der Waals surface area (Å²) in [5.41, 5.74) is -0.250. The second-order valence-electron chi connectivity index (χ2n) is 4.72. The Morgan fingerprint density at radius 1 is 1.35 bits per heavy atom. The first-order chi connectivity index (χ1) is 7.81. The highest BCUT2D eigenvalue weighted by atomic mass is 19.1. The van der Waals surface area contributed by atoms with Gasteiger partial charge in [-0.3, -0.25) is 4.79 Å². The minimum Gasteiger partial charge on any atom is -0.497 e. The maximum absolute atomic E-state index is 13.5. The van der Waals surface area contributed by atoms with Gasteiger partial charge < -0.3 is 9.47 Å². The van der Waals surface area contributed by atoms with E-state index in [1.165, 1.54) is 19.2 Å². The molecule has 0 aliphatic carbocycles. The Kier molecular flexibility index (Phi) is 4.10. The highest BCUT2D eigenvalue weighted by Crippen LogP contribution is 2.18. The number of rotatable bonds is 3. The number of halogens is 1. The smallest absolute Gasteiger partial charge is 0.310 e. The maximum Gasteiger partial charge on any atom is 0.310 e. The lowest BCUT2D eigenvalue weighted by atomic mass is 10.1. The van der Waals surface area contributed by atoms with E-state index >= 15 is 0 Å². The van der Waals surface area contributed by atoms with Crippen molar-refractivity contribution in [2.75, 3.05) is 7.11 Å². The van der Waals surface area contributed by atoms with Crippen LogP contribution in [0.15, 0.2) is 18.2 Å². The third-order valence-electron chi connectivity index (χ3n) is 2.02. The largest absolute Gasteiger partial charge is 0.497 e. The van der Waals surface area contributed by atoms with E-state index in [4.69, 9.17) is 9.47 Å². The van der Waals surface area contributed by atoms with Crippen molar-refractivity contribution in [1.82, 2.24) is 0 Å². The van der Waals surface area contributed by atoms with Crippen molar-refractivity contribution < 1.29 is 18.7 Å². The van der Waals surface area contributed by atoms with E-state index < -0.39 is 17.4 Å². The number of benzene rings is 1. The minimum absolute atomic E-state index is 0.0763. The van der Waals surface area contributed by atoms with Crippen molar-refractivity contribution in [3.05, 3.63) is 29.6 Å². The molecule has 1 aromatic carbocycles. The van der Waals surface area contributed by atoms with Gasteiger partial charge in [0.1, 0.15) is 17.2 Å². The molecule has 0 unspecified atom stereocenters. The predicted octanol–water partition coefficient (Wildman–Crippen LogP) is 2.72. The Hall–Kier alpha value is -1.58. The molecule has 0 fully saturated rings. The van der Waals surface area contributed by atoms with Gasteiger partial charge in [0.25, 0.3) is 0 Å². The molecule has 17 heavy (non-hydrogen) atoms. The zero-order valence-electron chi connectivity index (χ0n) is 10.5. The van der Waals surface area contributed by atoms with Crippen LogP contribution in [-0.2, 0) is 16.0 Å². The molecule has 0 spiro atoms. The lowest BCUT2D eigenvalue weighted by Gasteiger charge is -2.19. The third-order valence-corrected chi connectivity index (χ3v) is 2.02. The molecule has 3 nitrogen and oxygen atoms in total. The molecule has 0 aliphatic rings. The molecule has 0 N–H and O–H groups in total. The van der Waals surface area contributed by atoms with E-state index in [1.807, 2.05) is 0 Å². The van der Waals surface area contributed by atoms with E-state index in [-0.39, 0.29) is 6.42 Å². The van der Waals surface area contributed by atoms with E-state index in [0.717, 1.165) is 0 Å². The summed E-state index contributed by atoms with van der Waals surface area (Å²) in [6.07, 6.45) is -0.0763. The van der Waals surface area contributed by atoms with Gasteiger partial charge in [-0.2, -0.15) is 0 Å². The molecule has 0 heterocycles. The molecule has 4 heteroatoms. The highest BCUT2D eigenvalue weighted by Gasteiger charge is 2.17. The second kappa shape index (κ2) is 5.17. The fraction of sp³-hybridized carbons (Fsp3) is 0.462. The molecule has 0 saturated carbocycles. The summed E-state index contributed by atoms with van der Waals surface area (Å²) >= 11 is 0. The standard InChI is InChI=1S/C13H17FO3/c1-13(2,3)17-12(15)7-9-5-6-10(16-4)8-11(9)14/h5-6,8H,7H2,1-4H3. The molecule has 0 aromatic heterocycles. The van der Waals surface area contributed by atoms with Crippen molar-refractivity contribution in [2.45, 2.75) is 32.8 Å². The molecule has 1 aromatic rings. The van der Waals surface area contributed by atoms with Crippen LogP contribution < -0.4 is 4.74 Å². The van der Waals surface area contributed by atoms with Gasteiger partial charge in [-0.05, 0) is 32.4 Å². The number of ether oxygens (including phenoxy) is 2. The number of methoxy groups -OCH3 is 1. The fourth-order valence-electron chi connectivity index (χ4n) is 1.33. The van der Waals surface area contributed by atoms with Crippen LogP contribution in [0.3, 0.4) is 0 Å². The molecule has 1 rings (SSSR count). The zero-order chi connectivity index (χ0) is 13.1. The third kappa shape index (κ3) is 4.43. The Bertz CT molecular complexity index is 408. The number of carbonyl (C=O) groups excluding carboxylic acids is 1. The molecular weight excluding hydrogens is 223 g/mol. The normalized spacial score (nSPS) is 11.1. The number of carbonyl (C=O) groups is 1. The van der Waals surface area contributed by atoms with Crippen LogP contribution in [0.4, 0.5) is 4.39 Å². The fourth-order valence-corrected chi connectivity index (χ4v) is 1.33. The molecule has 0 radical (unpaired) electrons. The molecule has 94 valence electrons. The van der Waals surface area contributed by atoms with Gasteiger partial charge in [0.15, 0.2) is 0 Å². The van der Waals surface area contributed by atoms with Gasteiger partial charge in [-0.15, -0.1) is 0 Å². The quantitative estimate of drug-likeness (QED) is 0.762. The summed E-state index contributed by atoms with van der Waals surface area (Å²) in [7, 11) is 1.46. The molecule has 0 aliphatic heterocycles. The average Bonchev–Trinajstić information content (AvgIpc) is 2.18. The maximum atomic E-state index is 13.5. The number of hydrogen-bond donors (Lipinski definition) is 0. The Morgan fingerprint density at radius 3 is 2.47 bits per heavy atom. The summed E-state index contributed by atoms with van der Waals surface area (Å²) in [4.78, 5) is 11.5. The lowest BCUT2D eigenvalue weighted by Crippen LogP contribution is -2.25. The summed E-state index contributed by atoms with van der Waals surface area (Å²) in [5.74, 6) is -0.479. The van der Waals surface area contributed by atoms with Gasteiger partial charge in [0.05, 0.1) is 13.5 Å². The molecular formula is C13H17FO3. The highest BCUT2D eigenvalue weighted by molar-refractivity contribution is 5.73. The van der Waals surface area contributed by atoms with E-state index in [9.17, 15) is 9.18 Å². The molecule has 0 saturated heterocycles. The topological polar surface area (TPSA) is 35.5 Å². The summed E-state index contributed by atoms with van der Waals surface area (Å²) in [6, 6.07) is 4.39. The van der Waals surface area contributed by atoms with E-state index in [2.05, 4.69) is 0 Å². The van der Waals surface area contributed by atoms with Crippen molar-refractivity contribution in [3.8, 4) is 5.75 Å². The summed E-state index contributed by atoms with van der Waals surface area (Å²) < 4.78 is 23.5. The number of hydrogen-bond acceptors (Lipinski definition) is 3. The average molecular weight is 240 g/mol. The Morgan fingerprint density at radius 2 is 2.00 bits per heavy atom. The van der Waals surface area contributed by atoms with Gasteiger partial charge >= 0.3 is 5.97 Å². The van der Waals surface area contributed by atoms with Crippen molar-refractivity contribution >= 4 is 5.97 Å². The van der Waals surface area contributed by atoms with Crippen molar-refractivity contribution in [3.63, 3.8) is 0 Å². The summed E-state index contributed by atoms with van der Waals surface area (Å²) in [5, 5.41) is 0. The van der Waals surface area contributed by atoms with Gasteiger partial charge in [-0.25, -0.2) is 4.39 Å². The van der Waals surface area contributed by atoms with Gasteiger partial charge in [0, 0.05) is 6.07 Å². The van der Waals surface area contributed by atoms with E-state index in [1.54, 1.807) is 26.8 Å². The predicted molar refractivity (Wildman–Crippen MR) is 62.5 cm³/mol. The zero-order valence-corrected chi connectivity index (χ0v) is 10.5. The first-order valence-electron chi connectivity index (χ1n) is 5.36. The van der Waals surface area contributed by atoms with Crippen LogP contribution in [0.1, 0.15) is 26.3 Å². The minimum atomic E-state index is -0.556. The Balaban J connectivity index is 2.72.